The van der Waals surface area contributed by atoms with Crippen LogP contribution >= 0.6 is 0 Å². The van der Waals surface area contributed by atoms with Crippen molar-refractivity contribution < 1.29 is 17.9 Å². The highest BCUT2D eigenvalue weighted by atomic mass is 32.2. The number of sulfonamides is 1. The molecule has 0 unspecified atom stereocenters. The molecule has 0 aliphatic heterocycles. The Balaban J connectivity index is 1.77. The zero-order chi connectivity index (χ0) is 20.6. The van der Waals surface area contributed by atoms with E-state index in [2.05, 4.69) is 11.8 Å². The van der Waals surface area contributed by atoms with E-state index in [9.17, 15) is 8.42 Å². The predicted molar refractivity (Wildman–Crippen MR) is 111 cm³/mol. The molecular weight excluding hydrogens is 374 g/mol. The molecule has 0 saturated heterocycles. The first-order chi connectivity index (χ1) is 13.1. The van der Waals surface area contributed by atoms with Crippen molar-refractivity contribution in [3.63, 3.8) is 0 Å². The Morgan fingerprint density at radius 1 is 0.964 bits per heavy atom. The van der Waals surface area contributed by atoms with Gasteiger partial charge < -0.3 is 9.47 Å². The number of primary sulfonamides is 1. The van der Waals surface area contributed by atoms with Crippen molar-refractivity contribution in [1.29, 1.82) is 0 Å². The third-order valence-electron chi connectivity index (χ3n) is 3.76. The van der Waals surface area contributed by atoms with E-state index < -0.39 is 10.0 Å². The maximum Gasteiger partial charge on any atom is 0.238 e. The van der Waals surface area contributed by atoms with Gasteiger partial charge in [-0.15, -0.1) is 0 Å². The van der Waals surface area contributed by atoms with Crippen molar-refractivity contribution in [2.45, 2.75) is 44.1 Å². The fourth-order valence-electron chi connectivity index (χ4n) is 2.34. The number of hydrogen-bond acceptors (Lipinski definition) is 4. The molecule has 2 N–H and O–H groups in total. The lowest BCUT2D eigenvalue weighted by Gasteiger charge is -2.18. The molecule has 0 spiro atoms. The minimum Gasteiger partial charge on any atom is -0.493 e. The zero-order valence-electron chi connectivity index (χ0n) is 16.6. The molecule has 0 heterocycles. The first-order valence-corrected chi connectivity index (χ1v) is 10.7. The molecule has 0 fully saturated rings. The van der Waals surface area contributed by atoms with E-state index in [1.807, 2.05) is 45.0 Å². The summed E-state index contributed by atoms with van der Waals surface area (Å²) in [4.78, 5) is 0.0708. The van der Waals surface area contributed by atoms with Crippen LogP contribution in [-0.2, 0) is 21.2 Å². The Morgan fingerprint density at radius 2 is 1.61 bits per heavy atom. The highest BCUT2D eigenvalue weighted by Crippen LogP contribution is 2.15. The van der Waals surface area contributed by atoms with Crippen LogP contribution in [0.2, 0.25) is 0 Å². The fourth-order valence-corrected chi connectivity index (χ4v) is 2.86. The number of rotatable bonds is 7. The molecule has 150 valence electrons. The third kappa shape index (κ3) is 8.13. The van der Waals surface area contributed by atoms with Crippen LogP contribution in [0.25, 0.3) is 0 Å². The van der Waals surface area contributed by atoms with Gasteiger partial charge in [0, 0.05) is 18.4 Å². The number of nitrogens with two attached hydrogens (primary N) is 1. The molecular formula is C22H27NO4S. The van der Waals surface area contributed by atoms with Crippen molar-refractivity contribution >= 4 is 10.0 Å². The molecule has 0 aliphatic carbocycles. The van der Waals surface area contributed by atoms with Gasteiger partial charge in [-0.05, 0) is 62.7 Å². The second-order valence-corrected chi connectivity index (χ2v) is 8.89. The number of benzene rings is 2. The first-order valence-electron chi connectivity index (χ1n) is 9.11. The SMILES string of the molecule is CC(C)(C)OCCC#Cc1ccc(CCOc2ccc(S(N)(=O)=O)cc2)cc1. The van der Waals surface area contributed by atoms with Gasteiger partial charge in [0.2, 0.25) is 10.0 Å². The van der Waals surface area contributed by atoms with Gasteiger partial charge in [-0.25, -0.2) is 13.6 Å². The van der Waals surface area contributed by atoms with Gasteiger partial charge in [0.1, 0.15) is 5.75 Å². The third-order valence-corrected chi connectivity index (χ3v) is 4.69. The minimum atomic E-state index is -3.68. The van der Waals surface area contributed by atoms with E-state index in [-0.39, 0.29) is 10.5 Å². The monoisotopic (exact) mass is 401 g/mol. The Morgan fingerprint density at radius 3 is 2.18 bits per heavy atom. The summed E-state index contributed by atoms with van der Waals surface area (Å²) in [7, 11) is -3.68. The van der Waals surface area contributed by atoms with Crippen molar-refractivity contribution in [2.75, 3.05) is 13.2 Å². The second-order valence-electron chi connectivity index (χ2n) is 7.32. The summed E-state index contributed by atoms with van der Waals surface area (Å²) in [5, 5.41) is 5.07. The molecule has 0 radical (unpaired) electrons. The van der Waals surface area contributed by atoms with Gasteiger partial charge in [0.25, 0.3) is 0 Å². The number of ether oxygens (including phenoxy) is 2. The van der Waals surface area contributed by atoms with Gasteiger partial charge in [-0.3, -0.25) is 0 Å². The zero-order valence-corrected chi connectivity index (χ0v) is 17.4. The van der Waals surface area contributed by atoms with Crippen LogP contribution in [0.4, 0.5) is 0 Å². The van der Waals surface area contributed by atoms with E-state index in [0.29, 0.717) is 25.4 Å². The lowest BCUT2D eigenvalue weighted by Crippen LogP contribution is -2.19. The molecule has 6 heteroatoms. The van der Waals surface area contributed by atoms with Crippen LogP contribution in [0.1, 0.15) is 38.3 Å². The van der Waals surface area contributed by atoms with Gasteiger partial charge in [-0.1, -0.05) is 24.0 Å². The molecule has 0 atom stereocenters. The largest absolute Gasteiger partial charge is 0.493 e. The quantitative estimate of drug-likeness (QED) is 0.569. The van der Waals surface area contributed by atoms with Crippen molar-refractivity contribution in [2.24, 2.45) is 5.14 Å². The molecule has 0 bridgehead atoms. The Hall–Kier alpha value is -2.33. The van der Waals surface area contributed by atoms with E-state index >= 15 is 0 Å². The van der Waals surface area contributed by atoms with Gasteiger partial charge in [0.15, 0.2) is 0 Å². The van der Waals surface area contributed by atoms with Gasteiger partial charge >= 0.3 is 0 Å². The van der Waals surface area contributed by atoms with Crippen molar-refractivity contribution in [3.05, 3.63) is 59.7 Å². The molecule has 0 aromatic heterocycles. The smallest absolute Gasteiger partial charge is 0.238 e. The average molecular weight is 402 g/mol. The van der Waals surface area contributed by atoms with E-state index in [1.165, 1.54) is 12.1 Å². The summed E-state index contributed by atoms with van der Waals surface area (Å²) in [5.41, 5.74) is 1.98. The van der Waals surface area contributed by atoms with E-state index in [0.717, 1.165) is 17.5 Å². The lowest BCUT2D eigenvalue weighted by atomic mass is 10.1. The standard InChI is InChI=1S/C22H27NO4S/c1-22(2,3)27-16-5-4-6-18-7-9-19(10-8-18)15-17-26-20-11-13-21(14-12-20)28(23,24)25/h7-14H,5,15-17H2,1-3H3,(H2,23,24,25). The van der Waals surface area contributed by atoms with E-state index in [4.69, 9.17) is 14.6 Å². The molecule has 2 aromatic rings. The van der Waals surface area contributed by atoms with Gasteiger partial charge in [0.05, 0.1) is 23.7 Å². The van der Waals surface area contributed by atoms with E-state index in [1.54, 1.807) is 12.1 Å². The molecule has 0 saturated carbocycles. The fraction of sp³-hybridized carbons (Fsp3) is 0.364. The van der Waals surface area contributed by atoms with Crippen LogP contribution in [0.5, 0.6) is 5.75 Å². The minimum absolute atomic E-state index is 0.0708. The van der Waals surface area contributed by atoms with Gasteiger partial charge in [-0.2, -0.15) is 0 Å². The molecule has 0 amide bonds. The maximum absolute atomic E-state index is 11.2. The first kappa shape index (κ1) is 22.0. The van der Waals surface area contributed by atoms with Crippen LogP contribution < -0.4 is 9.88 Å². The summed E-state index contributed by atoms with van der Waals surface area (Å²) in [6.07, 6.45) is 1.45. The van der Waals surface area contributed by atoms with Crippen LogP contribution in [0.3, 0.4) is 0 Å². The summed E-state index contributed by atoms with van der Waals surface area (Å²) in [6, 6.07) is 14.1. The second kappa shape index (κ2) is 9.74. The average Bonchev–Trinajstić information content (AvgIpc) is 2.61. The lowest BCUT2D eigenvalue weighted by molar-refractivity contribution is 0.000598. The highest BCUT2D eigenvalue weighted by Gasteiger charge is 2.08. The Kier molecular flexibility index (Phi) is 7.64. The van der Waals surface area contributed by atoms with Crippen LogP contribution in [0, 0.1) is 11.8 Å². The Labute approximate surface area is 167 Å². The summed E-state index contributed by atoms with van der Waals surface area (Å²) in [6.45, 7) is 7.21. The molecule has 2 aromatic carbocycles. The Bertz CT molecular complexity index is 916. The topological polar surface area (TPSA) is 78.6 Å². The predicted octanol–water partition coefficient (Wildman–Crippen LogP) is 3.51. The molecule has 28 heavy (non-hydrogen) atoms. The summed E-state index contributed by atoms with van der Waals surface area (Å²) < 4.78 is 33.7. The maximum atomic E-state index is 11.2. The normalized spacial score (nSPS) is 11.6. The van der Waals surface area contributed by atoms with Crippen LogP contribution in [0.15, 0.2) is 53.4 Å². The summed E-state index contributed by atoms with van der Waals surface area (Å²) >= 11 is 0. The summed E-state index contributed by atoms with van der Waals surface area (Å²) in [5.74, 6) is 6.86. The van der Waals surface area contributed by atoms with Crippen molar-refractivity contribution in [3.8, 4) is 17.6 Å². The highest BCUT2D eigenvalue weighted by molar-refractivity contribution is 7.89. The number of hydrogen-bond donors (Lipinski definition) is 1. The molecule has 0 aliphatic rings. The molecule has 5 nitrogen and oxygen atoms in total. The van der Waals surface area contributed by atoms with Crippen LogP contribution in [-0.4, -0.2) is 27.2 Å². The molecule has 2 rings (SSSR count). The van der Waals surface area contributed by atoms with Crippen molar-refractivity contribution in [1.82, 2.24) is 0 Å².